The molecule has 2 aromatic heterocycles. The first-order valence-corrected chi connectivity index (χ1v) is 10.3. The molecule has 8 heteroatoms. The predicted molar refractivity (Wildman–Crippen MR) is 122 cm³/mol. The van der Waals surface area contributed by atoms with E-state index in [0.29, 0.717) is 17.5 Å². The summed E-state index contributed by atoms with van der Waals surface area (Å²) in [6, 6.07) is 23.0. The summed E-state index contributed by atoms with van der Waals surface area (Å²) < 4.78 is 12.0. The van der Waals surface area contributed by atoms with Gasteiger partial charge in [0.1, 0.15) is 11.6 Å². The molecule has 7 nitrogen and oxygen atoms in total. The maximum Gasteiger partial charge on any atom is 0.286 e. The highest BCUT2D eigenvalue weighted by Crippen LogP contribution is 2.29. The topological polar surface area (TPSA) is 86.0 Å². The summed E-state index contributed by atoms with van der Waals surface area (Å²) in [7, 11) is 1.62. The van der Waals surface area contributed by atoms with Crippen molar-refractivity contribution in [3.05, 3.63) is 77.3 Å². The Morgan fingerprint density at radius 2 is 1.68 bits per heavy atom. The van der Waals surface area contributed by atoms with Crippen LogP contribution in [0.3, 0.4) is 0 Å². The fraction of sp³-hybridized carbons (Fsp3) is 0.0435. The number of hydrogen-bond acceptors (Lipinski definition) is 7. The molecule has 5 aromatic rings. The molecule has 3 aromatic carbocycles. The molecule has 5 rings (SSSR count). The molecule has 31 heavy (non-hydrogen) atoms. The number of nitrogens with one attached hydrogen (secondary N) is 1. The molecule has 0 aliphatic heterocycles. The van der Waals surface area contributed by atoms with E-state index in [1.165, 1.54) is 0 Å². The van der Waals surface area contributed by atoms with Gasteiger partial charge < -0.3 is 14.5 Å². The quantitative estimate of drug-likeness (QED) is 0.341. The minimum atomic E-state index is 0.244. The van der Waals surface area contributed by atoms with Crippen LogP contribution in [0.15, 0.2) is 81.7 Å². The monoisotopic (exact) mass is 473 g/mol. The standard InChI is InChI=1S/C23H16BrN5O2/c1-30-17-11-9-14(10-12-17)22-28-29-23(31-22)21-26-19-8-3-2-7-18(19)20(27-21)25-16-6-4-5-15(24)13-16/h2-13H,1H3,(H,25,26,27). The van der Waals surface area contributed by atoms with E-state index in [1.807, 2.05) is 72.8 Å². The Bertz CT molecular complexity index is 1370. The third-order valence-electron chi connectivity index (χ3n) is 4.64. The van der Waals surface area contributed by atoms with Gasteiger partial charge in [-0.05, 0) is 54.6 Å². The van der Waals surface area contributed by atoms with Gasteiger partial charge in [0.2, 0.25) is 11.7 Å². The van der Waals surface area contributed by atoms with Crippen molar-refractivity contribution < 1.29 is 9.15 Å². The first kappa shape index (κ1) is 19.2. The van der Waals surface area contributed by atoms with Gasteiger partial charge in [-0.3, -0.25) is 0 Å². The van der Waals surface area contributed by atoms with Crippen LogP contribution in [0, 0.1) is 0 Å². The van der Waals surface area contributed by atoms with Crippen LogP contribution >= 0.6 is 15.9 Å². The number of benzene rings is 3. The minimum Gasteiger partial charge on any atom is -0.497 e. The summed E-state index contributed by atoms with van der Waals surface area (Å²) in [5.41, 5.74) is 2.45. The lowest BCUT2D eigenvalue weighted by Gasteiger charge is -2.10. The molecule has 0 fully saturated rings. The van der Waals surface area contributed by atoms with Crippen LogP contribution in [-0.2, 0) is 0 Å². The van der Waals surface area contributed by atoms with Crippen molar-refractivity contribution >= 4 is 38.3 Å². The van der Waals surface area contributed by atoms with Crippen LogP contribution in [0.1, 0.15) is 0 Å². The Labute approximate surface area is 186 Å². The van der Waals surface area contributed by atoms with E-state index in [4.69, 9.17) is 9.15 Å². The highest BCUT2D eigenvalue weighted by molar-refractivity contribution is 9.10. The van der Waals surface area contributed by atoms with Crippen LogP contribution in [0.4, 0.5) is 11.5 Å². The van der Waals surface area contributed by atoms with Crippen LogP contribution in [0.5, 0.6) is 5.75 Å². The Balaban J connectivity index is 1.55. The van der Waals surface area contributed by atoms with E-state index in [1.54, 1.807) is 7.11 Å². The zero-order valence-electron chi connectivity index (χ0n) is 16.4. The summed E-state index contributed by atoms with van der Waals surface area (Å²) in [5.74, 6) is 2.39. The van der Waals surface area contributed by atoms with Crippen molar-refractivity contribution in [3.8, 4) is 28.9 Å². The van der Waals surface area contributed by atoms with Crippen molar-refractivity contribution in [3.63, 3.8) is 0 Å². The molecule has 0 atom stereocenters. The Kier molecular flexibility index (Phi) is 5.05. The molecule has 0 radical (unpaired) electrons. The largest absolute Gasteiger partial charge is 0.497 e. The SMILES string of the molecule is COc1ccc(-c2nnc(-c3nc(Nc4cccc(Br)c4)c4ccccc4n3)o2)cc1. The van der Waals surface area contributed by atoms with Crippen molar-refractivity contribution in [1.82, 2.24) is 20.2 Å². The van der Waals surface area contributed by atoms with Crippen molar-refractivity contribution in [2.75, 3.05) is 12.4 Å². The fourth-order valence-electron chi connectivity index (χ4n) is 3.13. The molecule has 0 spiro atoms. The van der Waals surface area contributed by atoms with Crippen LogP contribution in [-0.4, -0.2) is 27.3 Å². The number of hydrogen-bond donors (Lipinski definition) is 1. The molecule has 0 amide bonds. The highest BCUT2D eigenvalue weighted by Gasteiger charge is 2.16. The lowest BCUT2D eigenvalue weighted by molar-refractivity contribution is 0.415. The third-order valence-corrected chi connectivity index (χ3v) is 5.14. The van der Waals surface area contributed by atoms with Crippen LogP contribution in [0.2, 0.25) is 0 Å². The van der Waals surface area contributed by atoms with Gasteiger partial charge in [0.05, 0.1) is 12.6 Å². The molecule has 1 N–H and O–H groups in total. The number of nitrogens with zero attached hydrogens (tertiary/aromatic N) is 4. The summed E-state index contributed by atoms with van der Waals surface area (Å²) >= 11 is 3.50. The van der Waals surface area contributed by atoms with Gasteiger partial charge in [-0.25, -0.2) is 9.97 Å². The lowest BCUT2D eigenvalue weighted by Crippen LogP contribution is -1.99. The second kappa shape index (κ2) is 8.16. The summed E-state index contributed by atoms with van der Waals surface area (Å²) in [5, 5.41) is 12.6. The number of anilines is 2. The molecular weight excluding hydrogens is 458 g/mol. The Hall–Kier alpha value is -3.78. The number of fused-ring (bicyclic) bond motifs is 1. The van der Waals surface area contributed by atoms with Gasteiger partial charge in [0.25, 0.3) is 5.89 Å². The van der Waals surface area contributed by atoms with E-state index in [0.717, 1.165) is 32.4 Å². The van der Waals surface area contributed by atoms with Gasteiger partial charge in [0, 0.05) is 21.1 Å². The maximum atomic E-state index is 5.88. The number of aromatic nitrogens is 4. The van der Waals surface area contributed by atoms with E-state index < -0.39 is 0 Å². The average molecular weight is 474 g/mol. The molecular formula is C23H16BrN5O2. The summed E-state index contributed by atoms with van der Waals surface area (Å²) in [6.45, 7) is 0. The first-order chi connectivity index (χ1) is 15.2. The molecule has 0 saturated heterocycles. The molecule has 2 heterocycles. The third kappa shape index (κ3) is 3.97. The van der Waals surface area contributed by atoms with Crippen molar-refractivity contribution in [2.24, 2.45) is 0 Å². The van der Waals surface area contributed by atoms with E-state index in [-0.39, 0.29) is 5.89 Å². The van der Waals surface area contributed by atoms with Crippen molar-refractivity contribution in [1.29, 1.82) is 0 Å². The zero-order chi connectivity index (χ0) is 21.2. The lowest BCUT2D eigenvalue weighted by atomic mass is 10.2. The van der Waals surface area contributed by atoms with Crippen LogP contribution < -0.4 is 10.1 Å². The predicted octanol–water partition coefficient (Wildman–Crippen LogP) is 5.86. The number of ether oxygens (including phenoxy) is 1. The average Bonchev–Trinajstić information content (AvgIpc) is 3.29. The summed E-state index contributed by atoms with van der Waals surface area (Å²) in [4.78, 5) is 9.30. The second-order valence-electron chi connectivity index (χ2n) is 6.69. The fourth-order valence-corrected chi connectivity index (χ4v) is 3.53. The number of halogens is 1. The summed E-state index contributed by atoms with van der Waals surface area (Å²) in [6.07, 6.45) is 0. The highest BCUT2D eigenvalue weighted by atomic mass is 79.9. The number of rotatable bonds is 5. The molecule has 0 bridgehead atoms. The van der Waals surface area contributed by atoms with Crippen molar-refractivity contribution in [2.45, 2.75) is 0 Å². The Morgan fingerprint density at radius 3 is 2.48 bits per heavy atom. The van der Waals surface area contributed by atoms with E-state index in [9.17, 15) is 0 Å². The molecule has 152 valence electrons. The molecule has 0 unspecified atom stereocenters. The first-order valence-electron chi connectivity index (χ1n) is 9.47. The van der Waals surface area contributed by atoms with E-state index >= 15 is 0 Å². The second-order valence-corrected chi connectivity index (χ2v) is 7.60. The van der Waals surface area contributed by atoms with Gasteiger partial charge in [-0.1, -0.05) is 34.1 Å². The molecule has 0 aliphatic carbocycles. The number of para-hydroxylation sites is 1. The van der Waals surface area contributed by atoms with Crippen LogP contribution in [0.25, 0.3) is 34.1 Å². The van der Waals surface area contributed by atoms with Gasteiger partial charge in [-0.2, -0.15) is 0 Å². The van der Waals surface area contributed by atoms with Gasteiger partial charge in [-0.15, -0.1) is 10.2 Å². The zero-order valence-corrected chi connectivity index (χ0v) is 18.0. The molecule has 0 saturated carbocycles. The Morgan fingerprint density at radius 1 is 0.871 bits per heavy atom. The normalized spacial score (nSPS) is 10.9. The smallest absolute Gasteiger partial charge is 0.286 e. The van der Waals surface area contributed by atoms with E-state index in [2.05, 4.69) is 41.4 Å². The maximum absolute atomic E-state index is 5.88. The minimum absolute atomic E-state index is 0.244. The molecule has 0 aliphatic rings. The van der Waals surface area contributed by atoms with Gasteiger partial charge >= 0.3 is 0 Å². The van der Waals surface area contributed by atoms with Gasteiger partial charge in [0.15, 0.2) is 0 Å². The number of methoxy groups -OCH3 is 1.